The van der Waals surface area contributed by atoms with Crippen molar-refractivity contribution in [2.75, 3.05) is 0 Å². The van der Waals surface area contributed by atoms with E-state index in [1.54, 1.807) is 36.4 Å². The first-order valence-corrected chi connectivity index (χ1v) is 37.5. The van der Waals surface area contributed by atoms with Crippen LogP contribution in [0.1, 0.15) is 16.7 Å². The molecule has 0 saturated carbocycles. The van der Waals surface area contributed by atoms with Crippen molar-refractivity contribution in [3.8, 4) is 0 Å². The number of hydrogen-bond donors (Lipinski definition) is 0. The van der Waals surface area contributed by atoms with Gasteiger partial charge in [0.25, 0.3) is 0 Å². The minimum atomic E-state index is -4.45. The molecule has 0 aliphatic carbocycles. The zero-order valence-electron chi connectivity index (χ0n) is 49.0. The van der Waals surface area contributed by atoms with Crippen molar-refractivity contribution >= 4 is 134 Å². The summed E-state index contributed by atoms with van der Waals surface area (Å²) in [4.78, 5) is 11.8. The third-order valence-corrected chi connectivity index (χ3v) is 25.4. The van der Waals surface area contributed by atoms with Gasteiger partial charge < -0.3 is 0 Å². The molecule has 482 valence electrons. The second kappa shape index (κ2) is 34.1. The summed E-state index contributed by atoms with van der Waals surface area (Å²) in [5.41, 5.74) is -2.16. The molecule has 0 aliphatic rings. The molecule has 0 aromatic heterocycles. The van der Waals surface area contributed by atoms with E-state index in [0.717, 1.165) is 86.3 Å². The lowest BCUT2D eigenvalue weighted by molar-refractivity contribution is -0.138. The van der Waals surface area contributed by atoms with Gasteiger partial charge in [0.05, 0.1) is 60.3 Å². The monoisotopic (exact) mass is 1810 g/mol. The number of rotatable bonds is 12. The summed E-state index contributed by atoms with van der Waals surface area (Å²) in [5, 5.41) is 0. The third kappa shape index (κ3) is 21.1. The Balaban J connectivity index is 0.000000150. The lowest BCUT2D eigenvalue weighted by atomic mass is 10.2. The van der Waals surface area contributed by atoms with Crippen LogP contribution in [-0.2, 0) is 62.1 Å². The van der Waals surface area contributed by atoms with Crippen LogP contribution >= 0.6 is 90.4 Å². The molecule has 0 bridgehead atoms. The van der Waals surface area contributed by atoms with Crippen LogP contribution in [-0.4, -0.2) is 0 Å². The Morgan fingerprint density at radius 1 is 0.179 bits per heavy atom. The van der Waals surface area contributed by atoms with Gasteiger partial charge in [-0.2, -0.15) is 39.5 Å². The topological polar surface area (TPSA) is 0 Å². The zero-order valence-corrected chi connectivity index (χ0v) is 60.9. The van der Waals surface area contributed by atoms with Crippen LogP contribution in [0.2, 0.25) is 0 Å². The Kier molecular flexibility index (Phi) is 26.3. The van der Waals surface area contributed by atoms with Gasteiger partial charge in [0.1, 0.15) is 17.5 Å². The fraction of sp³-hybridized carbons (Fsp3) is 0.0400. The van der Waals surface area contributed by atoms with E-state index in [2.05, 4.69) is 139 Å². The highest BCUT2D eigenvalue weighted by atomic mass is 127. The summed E-state index contributed by atoms with van der Waals surface area (Å²) in [5.74, 6) is -0.707. The molecule has 0 aliphatic heterocycles. The van der Waals surface area contributed by atoms with Crippen LogP contribution in [0.3, 0.4) is 0 Å². The highest BCUT2D eigenvalue weighted by Crippen LogP contribution is 2.40. The summed E-state index contributed by atoms with van der Waals surface area (Å²) in [7, 11) is -1.84. The second-order valence-corrected chi connectivity index (χ2v) is 33.2. The maximum atomic E-state index is 13.2. The van der Waals surface area contributed by atoms with Crippen LogP contribution in [0, 0.1) is 31.7 Å². The molecule has 0 saturated heterocycles. The molecule has 20 heteroatoms. The van der Waals surface area contributed by atoms with Gasteiger partial charge >= 0.3 is 18.5 Å². The molecule has 2 unspecified atom stereocenters. The van der Waals surface area contributed by atoms with Gasteiger partial charge in [0, 0.05) is 14.3 Å². The lowest BCUT2D eigenvalue weighted by Gasteiger charge is -2.11. The molecule has 0 radical (unpaired) electrons. The van der Waals surface area contributed by atoms with Crippen LogP contribution in [0.15, 0.2) is 362 Å². The van der Waals surface area contributed by atoms with Crippen molar-refractivity contribution in [3.05, 3.63) is 352 Å². The standard InChI is InChI=1S/C20H12F6IS.C19H13F3IS.C18H12F2IS.C18H13FIS/c21-19(22,23)13-1-7-16(8-2-13)28(18-11-5-15(27)6-12-18)17-9-3-14(4-10-17)20(24,25)26;20-19(21,22)14-6-10-17(11-7-14)24(16-4-2-1-3-5-16)18-12-8-15(23)9-13-18;19-13-1-7-16(8-2-13)22(17-9-3-14(20)4-10-17)18-11-5-15(21)6-12-18;19-14-6-10-17(11-7-14)21(16-4-2-1-3-5-16)18-12-8-15(20)9-13-18/h1-12H;1-13H;1-12H;1-13H/q4*+1. The Bertz CT molecular complexity index is 4120. The van der Waals surface area contributed by atoms with Gasteiger partial charge in [0.2, 0.25) is 0 Å². The van der Waals surface area contributed by atoms with E-state index in [0.29, 0.717) is 9.79 Å². The van der Waals surface area contributed by atoms with E-state index in [-0.39, 0.29) is 39.2 Å². The predicted molar refractivity (Wildman–Crippen MR) is 392 cm³/mol. The normalized spacial score (nSPS) is 12.1. The Morgan fingerprint density at radius 2 is 0.316 bits per heavy atom. The Morgan fingerprint density at radius 3 is 0.474 bits per heavy atom. The maximum Gasteiger partial charge on any atom is 0.416 e. The van der Waals surface area contributed by atoms with Crippen molar-refractivity contribution < 1.29 is 52.7 Å². The summed E-state index contributed by atoms with van der Waals surface area (Å²) in [6, 6.07) is 87.3. The highest BCUT2D eigenvalue weighted by Gasteiger charge is 2.37. The third-order valence-electron chi connectivity index (χ3n) is 13.6. The van der Waals surface area contributed by atoms with Crippen molar-refractivity contribution in [2.24, 2.45) is 0 Å². The fourth-order valence-electron chi connectivity index (χ4n) is 9.08. The van der Waals surface area contributed by atoms with E-state index >= 15 is 0 Å². The van der Waals surface area contributed by atoms with E-state index in [9.17, 15) is 52.7 Å². The largest absolute Gasteiger partial charge is 0.416 e. The van der Waals surface area contributed by atoms with E-state index < -0.39 is 57.0 Å². The predicted octanol–water partition coefficient (Wildman–Crippen LogP) is 25.0. The molecule has 0 heterocycles. The summed E-state index contributed by atoms with van der Waals surface area (Å²) in [6.45, 7) is 0. The number of alkyl halides is 9. The summed E-state index contributed by atoms with van der Waals surface area (Å²) < 4.78 is 160. The highest BCUT2D eigenvalue weighted by molar-refractivity contribution is 14.1. The minimum absolute atomic E-state index is 0.196. The van der Waals surface area contributed by atoms with Gasteiger partial charge in [0.15, 0.2) is 58.7 Å². The average Bonchev–Trinajstić information content (AvgIpc) is 0.833. The van der Waals surface area contributed by atoms with Crippen molar-refractivity contribution in [2.45, 2.75) is 77.3 Å². The molecule has 0 fully saturated rings. The molecule has 2 atom stereocenters. The molecular formula is C75H50F12I4S4+4. The molecular weight excluding hydrogens is 1760 g/mol. The second-order valence-electron chi connectivity index (χ2n) is 20.1. The Hall–Kier alpha value is -5.88. The summed E-state index contributed by atoms with van der Waals surface area (Å²) in [6.07, 6.45) is -13.2. The first-order chi connectivity index (χ1) is 45.4. The quantitative estimate of drug-likeness (QED) is 0.0650. The number of benzene rings is 12. The van der Waals surface area contributed by atoms with Crippen molar-refractivity contribution in [1.29, 1.82) is 0 Å². The van der Waals surface area contributed by atoms with Crippen LogP contribution < -0.4 is 0 Å². The van der Waals surface area contributed by atoms with Crippen molar-refractivity contribution in [1.82, 2.24) is 0 Å². The fourth-order valence-corrected chi connectivity index (χ4v) is 18.7. The van der Waals surface area contributed by atoms with Gasteiger partial charge in [-0.25, -0.2) is 13.2 Å². The van der Waals surface area contributed by atoms with E-state index in [4.69, 9.17) is 0 Å². The molecule has 0 amide bonds. The van der Waals surface area contributed by atoms with Crippen molar-refractivity contribution in [3.63, 3.8) is 0 Å². The molecule has 0 spiro atoms. The smallest absolute Gasteiger partial charge is 0.207 e. The minimum Gasteiger partial charge on any atom is -0.207 e. The zero-order chi connectivity index (χ0) is 67.9. The van der Waals surface area contributed by atoms with Gasteiger partial charge in [-0.05, 0) is 357 Å². The number of halogens is 16. The van der Waals surface area contributed by atoms with Gasteiger partial charge in [-0.1, -0.05) is 36.4 Å². The molecule has 12 rings (SSSR count). The van der Waals surface area contributed by atoms with Crippen LogP contribution in [0.4, 0.5) is 52.7 Å². The summed E-state index contributed by atoms with van der Waals surface area (Å²) >= 11 is 8.94. The Labute approximate surface area is 609 Å². The number of hydrogen-bond acceptors (Lipinski definition) is 0. The average molecular weight is 1820 g/mol. The first-order valence-electron chi connectivity index (χ1n) is 28.3. The molecule has 12 aromatic rings. The molecule has 95 heavy (non-hydrogen) atoms. The molecule has 12 aromatic carbocycles. The lowest BCUT2D eigenvalue weighted by Crippen LogP contribution is -2.09. The maximum absolute atomic E-state index is 13.2. The van der Waals surface area contributed by atoms with Gasteiger partial charge in [-0.3, -0.25) is 0 Å². The first kappa shape index (κ1) is 73.4. The van der Waals surface area contributed by atoms with Crippen LogP contribution in [0.25, 0.3) is 0 Å². The molecule has 0 nitrogen and oxygen atoms in total. The van der Waals surface area contributed by atoms with Crippen LogP contribution in [0.5, 0.6) is 0 Å². The van der Waals surface area contributed by atoms with E-state index in [1.807, 2.05) is 121 Å². The molecule has 0 N–H and O–H groups in total. The van der Waals surface area contributed by atoms with Gasteiger partial charge in [-0.15, -0.1) is 0 Å². The SMILES string of the molecule is FC(F)(F)c1ccc([S+](c2ccc(I)cc2)c2ccc(C(F)(F)F)cc2)cc1.FC(F)(F)c1ccc([S+](c2ccccc2)c2ccc(I)cc2)cc1.Fc1ccc([S+](c2ccc(F)cc2)c2ccc(I)cc2)cc1.Fc1ccc([S+](c2ccccc2)c2ccc(I)cc2)cc1. The van der Waals surface area contributed by atoms with E-state index in [1.165, 1.54) is 74.0 Å².